The molecule has 2 rings (SSSR count). The van der Waals surface area contributed by atoms with E-state index in [2.05, 4.69) is 0 Å². The summed E-state index contributed by atoms with van der Waals surface area (Å²) in [5.74, 6) is -0.316. The van der Waals surface area contributed by atoms with E-state index in [4.69, 9.17) is 23.2 Å². The molecule has 0 radical (unpaired) electrons. The van der Waals surface area contributed by atoms with Gasteiger partial charge in [-0.2, -0.15) is 0 Å². The van der Waals surface area contributed by atoms with Gasteiger partial charge in [-0.15, -0.1) is 11.6 Å². The maximum absolute atomic E-state index is 13.2. The van der Waals surface area contributed by atoms with Crippen LogP contribution in [0.3, 0.4) is 0 Å². The fraction of sp³-hybridized carbons (Fsp3) is 0.143. The summed E-state index contributed by atoms with van der Waals surface area (Å²) in [5.41, 5.74) is 0.873. The number of hydrogen-bond donors (Lipinski definition) is 0. The Hall–Kier alpha value is -1.30. The van der Waals surface area contributed by atoms with Crippen LogP contribution in [0, 0.1) is 5.82 Å². The maximum Gasteiger partial charge on any atom is 0.264 e. The lowest BCUT2D eigenvalue weighted by Gasteiger charge is -2.20. The molecule has 0 saturated carbocycles. The number of hydrogen-bond acceptors (Lipinski definition) is 2. The molecule has 21 heavy (non-hydrogen) atoms. The highest BCUT2D eigenvalue weighted by Gasteiger charge is 2.22. The number of halogens is 3. The Bertz CT molecular complexity index is 765. The summed E-state index contributed by atoms with van der Waals surface area (Å²) < 4.78 is 39.2. The second-order valence-electron chi connectivity index (χ2n) is 4.34. The van der Waals surface area contributed by atoms with Crippen LogP contribution in [0.25, 0.3) is 0 Å². The first-order valence-corrected chi connectivity index (χ1v) is 8.30. The second kappa shape index (κ2) is 6.22. The van der Waals surface area contributed by atoms with Crippen molar-refractivity contribution >= 4 is 38.9 Å². The molecule has 2 aromatic rings. The van der Waals surface area contributed by atoms with Crippen molar-refractivity contribution in [2.75, 3.05) is 11.4 Å². The van der Waals surface area contributed by atoms with Crippen LogP contribution < -0.4 is 4.31 Å². The molecule has 3 nitrogen and oxygen atoms in total. The van der Waals surface area contributed by atoms with Gasteiger partial charge in [0.25, 0.3) is 10.0 Å². The molecule has 2 aromatic carbocycles. The van der Waals surface area contributed by atoms with Crippen molar-refractivity contribution in [3.05, 3.63) is 58.9 Å². The van der Waals surface area contributed by atoms with Crippen LogP contribution in [0.4, 0.5) is 10.1 Å². The van der Waals surface area contributed by atoms with Crippen molar-refractivity contribution in [2.45, 2.75) is 10.8 Å². The van der Waals surface area contributed by atoms with Gasteiger partial charge in [0.2, 0.25) is 0 Å². The van der Waals surface area contributed by atoms with Gasteiger partial charge in [-0.3, -0.25) is 4.31 Å². The van der Waals surface area contributed by atoms with E-state index in [1.807, 2.05) is 0 Å². The van der Waals surface area contributed by atoms with Crippen molar-refractivity contribution in [1.82, 2.24) is 0 Å². The van der Waals surface area contributed by atoms with E-state index in [0.29, 0.717) is 5.56 Å². The number of rotatable bonds is 4. The van der Waals surface area contributed by atoms with E-state index in [9.17, 15) is 12.8 Å². The smallest absolute Gasteiger partial charge is 0.264 e. The standard InChI is InChI=1S/C14H12Cl2FNO2S/c1-18(12-4-2-3-11(17)7-12)21(19,20)13-6-5-10(9-15)14(16)8-13/h2-8H,9H2,1H3. The minimum atomic E-state index is -3.82. The van der Waals surface area contributed by atoms with E-state index in [1.165, 1.54) is 37.4 Å². The summed E-state index contributed by atoms with van der Waals surface area (Å²) in [6, 6.07) is 9.67. The summed E-state index contributed by atoms with van der Waals surface area (Å²) in [6.07, 6.45) is 0. The van der Waals surface area contributed by atoms with Crippen molar-refractivity contribution in [3.8, 4) is 0 Å². The van der Waals surface area contributed by atoms with Crippen LogP contribution in [-0.2, 0) is 15.9 Å². The zero-order chi connectivity index (χ0) is 15.6. The van der Waals surface area contributed by atoms with Crippen molar-refractivity contribution in [2.24, 2.45) is 0 Å². The number of sulfonamides is 1. The molecule has 0 heterocycles. The summed E-state index contributed by atoms with van der Waals surface area (Å²) >= 11 is 11.7. The number of anilines is 1. The average molecular weight is 348 g/mol. The van der Waals surface area contributed by atoms with Gasteiger partial charge in [0.1, 0.15) is 5.82 Å². The molecule has 0 fully saturated rings. The minimum absolute atomic E-state index is 0.0214. The fourth-order valence-corrected chi connectivity index (χ4v) is 3.59. The third-order valence-electron chi connectivity index (χ3n) is 3.00. The van der Waals surface area contributed by atoms with Crippen LogP contribution in [0.1, 0.15) is 5.56 Å². The Kier molecular flexibility index (Phi) is 4.76. The van der Waals surface area contributed by atoms with Crippen LogP contribution in [0.5, 0.6) is 0 Å². The highest BCUT2D eigenvalue weighted by molar-refractivity contribution is 7.92. The highest BCUT2D eigenvalue weighted by atomic mass is 35.5. The van der Waals surface area contributed by atoms with Crippen LogP contribution >= 0.6 is 23.2 Å². The first-order chi connectivity index (χ1) is 9.86. The molecule has 0 spiro atoms. The molecule has 0 atom stereocenters. The Balaban J connectivity index is 2.44. The SMILES string of the molecule is CN(c1cccc(F)c1)S(=O)(=O)c1ccc(CCl)c(Cl)c1. The molecule has 0 saturated heterocycles. The van der Waals surface area contributed by atoms with Gasteiger partial charge in [0, 0.05) is 18.0 Å². The number of alkyl halides is 1. The fourth-order valence-electron chi connectivity index (χ4n) is 1.77. The van der Waals surface area contributed by atoms with Crippen molar-refractivity contribution < 1.29 is 12.8 Å². The molecular formula is C14H12Cl2FNO2S. The molecular weight excluding hydrogens is 336 g/mol. The van der Waals surface area contributed by atoms with Crippen molar-refractivity contribution in [3.63, 3.8) is 0 Å². The Morgan fingerprint density at radius 2 is 1.90 bits per heavy atom. The van der Waals surface area contributed by atoms with Gasteiger partial charge < -0.3 is 0 Å². The molecule has 0 bridgehead atoms. The molecule has 7 heteroatoms. The lowest BCUT2D eigenvalue weighted by atomic mass is 10.2. The normalized spacial score (nSPS) is 11.4. The van der Waals surface area contributed by atoms with Crippen LogP contribution in [-0.4, -0.2) is 15.5 Å². The van der Waals surface area contributed by atoms with Gasteiger partial charge in [0.15, 0.2) is 0 Å². The van der Waals surface area contributed by atoms with E-state index < -0.39 is 15.8 Å². The molecule has 112 valence electrons. The zero-order valence-corrected chi connectivity index (χ0v) is 13.4. The summed E-state index contributed by atoms with van der Waals surface area (Å²) in [5, 5.41) is 0.277. The monoisotopic (exact) mass is 347 g/mol. The van der Waals surface area contributed by atoms with E-state index >= 15 is 0 Å². The maximum atomic E-state index is 13.2. The Morgan fingerprint density at radius 3 is 2.48 bits per heavy atom. The first kappa shape index (κ1) is 16.1. The van der Waals surface area contributed by atoms with E-state index in [-0.39, 0.29) is 21.5 Å². The molecule has 0 aliphatic heterocycles. The zero-order valence-electron chi connectivity index (χ0n) is 11.1. The summed E-state index contributed by atoms with van der Waals surface area (Å²) in [4.78, 5) is 0.0214. The number of benzene rings is 2. The third kappa shape index (κ3) is 3.31. The Labute approximate surface area is 133 Å². The largest absolute Gasteiger partial charge is 0.269 e. The third-order valence-corrected chi connectivity index (χ3v) is 5.42. The van der Waals surface area contributed by atoms with Gasteiger partial charge in [-0.05, 0) is 35.9 Å². The summed E-state index contributed by atoms with van der Waals surface area (Å²) in [6.45, 7) is 0. The predicted octanol–water partition coefficient (Wildman–Crippen LogP) is 4.04. The molecule has 0 aromatic heterocycles. The Morgan fingerprint density at radius 1 is 1.19 bits per heavy atom. The van der Waals surface area contributed by atoms with Gasteiger partial charge in [0.05, 0.1) is 10.6 Å². The predicted molar refractivity (Wildman–Crippen MR) is 83.0 cm³/mol. The van der Waals surface area contributed by atoms with Crippen LogP contribution in [0.2, 0.25) is 5.02 Å². The van der Waals surface area contributed by atoms with Gasteiger partial charge >= 0.3 is 0 Å². The van der Waals surface area contributed by atoms with Gasteiger partial charge in [-0.25, -0.2) is 12.8 Å². The van der Waals surface area contributed by atoms with E-state index in [1.54, 1.807) is 6.07 Å². The molecule has 0 unspecified atom stereocenters. The second-order valence-corrected chi connectivity index (χ2v) is 6.98. The first-order valence-electron chi connectivity index (χ1n) is 5.95. The lowest BCUT2D eigenvalue weighted by molar-refractivity contribution is 0.594. The lowest BCUT2D eigenvalue weighted by Crippen LogP contribution is -2.26. The van der Waals surface area contributed by atoms with Crippen LogP contribution in [0.15, 0.2) is 47.4 Å². The molecule has 0 aliphatic carbocycles. The topological polar surface area (TPSA) is 37.4 Å². The quantitative estimate of drug-likeness (QED) is 0.782. The summed E-state index contributed by atoms with van der Waals surface area (Å²) in [7, 11) is -2.46. The van der Waals surface area contributed by atoms with Crippen molar-refractivity contribution in [1.29, 1.82) is 0 Å². The minimum Gasteiger partial charge on any atom is -0.269 e. The molecule has 0 N–H and O–H groups in total. The van der Waals surface area contributed by atoms with Gasteiger partial charge in [-0.1, -0.05) is 23.7 Å². The van der Waals surface area contributed by atoms with E-state index in [0.717, 1.165) is 10.4 Å². The highest BCUT2D eigenvalue weighted by Crippen LogP contribution is 2.26. The number of nitrogens with zero attached hydrogens (tertiary/aromatic N) is 1. The molecule has 0 amide bonds. The molecule has 0 aliphatic rings. The average Bonchev–Trinajstić information content (AvgIpc) is 2.46.